The second kappa shape index (κ2) is 9.20. The van der Waals surface area contributed by atoms with E-state index in [2.05, 4.69) is 0 Å². The number of carboxylic acids is 1. The summed E-state index contributed by atoms with van der Waals surface area (Å²) in [7, 11) is 1.54. The fraction of sp³-hybridized carbons (Fsp3) is 0.167. The van der Waals surface area contributed by atoms with Gasteiger partial charge in [0.15, 0.2) is 0 Å². The van der Waals surface area contributed by atoms with Crippen LogP contribution >= 0.6 is 23.2 Å². The molecule has 1 N–H and O–H groups in total. The molecule has 0 aromatic heterocycles. The molecule has 0 amide bonds. The van der Waals surface area contributed by atoms with Gasteiger partial charge in [0.25, 0.3) is 0 Å². The van der Waals surface area contributed by atoms with Crippen LogP contribution in [0.1, 0.15) is 5.56 Å². The highest BCUT2D eigenvalue weighted by molar-refractivity contribution is 6.34. The Morgan fingerprint density at radius 3 is 2.48 bits per heavy atom. The molecule has 0 radical (unpaired) electrons. The van der Waals surface area contributed by atoms with Gasteiger partial charge in [-0.15, -0.1) is 0 Å². The number of hydrogen-bond acceptors (Lipinski definition) is 4. The van der Waals surface area contributed by atoms with Gasteiger partial charge in [-0.2, -0.15) is 0 Å². The Balaban J connectivity index is 2.01. The van der Waals surface area contributed by atoms with E-state index in [4.69, 9.17) is 42.5 Å². The van der Waals surface area contributed by atoms with Gasteiger partial charge in [-0.25, -0.2) is 4.79 Å². The molecule has 0 heterocycles. The largest absolute Gasteiger partial charge is 0.497 e. The van der Waals surface area contributed by atoms with Crippen molar-refractivity contribution in [2.75, 3.05) is 20.3 Å². The van der Waals surface area contributed by atoms with Gasteiger partial charge in [0.2, 0.25) is 0 Å². The molecule has 132 valence electrons. The van der Waals surface area contributed by atoms with Gasteiger partial charge in [0, 0.05) is 28.8 Å². The summed E-state index contributed by atoms with van der Waals surface area (Å²) in [5, 5.41) is 9.74. The van der Waals surface area contributed by atoms with E-state index in [9.17, 15) is 4.79 Å². The van der Waals surface area contributed by atoms with Gasteiger partial charge in [-0.3, -0.25) is 0 Å². The summed E-state index contributed by atoms with van der Waals surface area (Å²) < 4.78 is 16.4. The fourth-order valence-electron chi connectivity index (χ4n) is 1.96. The minimum atomic E-state index is -1.04. The minimum Gasteiger partial charge on any atom is -0.497 e. The number of carbonyl (C=O) groups is 1. The molecule has 2 aromatic carbocycles. The van der Waals surface area contributed by atoms with Crippen LogP contribution in [0.25, 0.3) is 6.08 Å². The Kier molecular flexibility index (Phi) is 6.98. The quantitative estimate of drug-likeness (QED) is 0.535. The second-order valence-corrected chi connectivity index (χ2v) is 5.69. The Labute approximate surface area is 155 Å². The monoisotopic (exact) mass is 382 g/mol. The number of benzene rings is 2. The maximum absolute atomic E-state index is 10.7. The molecule has 2 aromatic rings. The van der Waals surface area contributed by atoms with Crippen LogP contribution in [-0.2, 0) is 4.79 Å². The van der Waals surface area contributed by atoms with Crippen LogP contribution in [0.4, 0.5) is 0 Å². The molecule has 0 atom stereocenters. The summed E-state index contributed by atoms with van der Waals surface area (Å²) >= 11 is 11.9. The number of aliphatic carboxylic acids is 1. The smallest absolute Gasteiger partial charge is 0.328 e. The van der Waals surface area contributed by atoms with Crippen LogP contribution in [0.5, 0.6) is 17.2 Å². The van der Waals surface area contributed by atoms with E-state index in [0.717, 1.165) is 6.08 Å². The third kappa shape index (κ3) is 5.89. The lowest BCUT2D eigenvalue weighted by molar-refractivity contribution is -0.131. The van der Waals surface area contributed by atoms with Crippen LogP contribution in [0.3, 0.4) is 0 Å². The first-order valence-corrected chi connectivity index (χ1v) is 8.05. The SMILES string of the molecule is COc1ccc(C=CC(=O)O)c(OCCOc2cc(Cl)ccc2Cl)c1. The molecule has 0 fully saturated rings. The summed E-state index contributed by atoms with van der Waals surface area (Å²) in [4.78, 5) is 10.7. The number of rotatable bonds is 8. The zero-order valence-corrected chi connectivity index (χ0v) is 14.9. The van der Waals surface area contributed by atoms with Crippen molar-refractivity contribution in [3.8, 4) is 17.2 Å². The molecule has 25 heavy (non-hydrogen) atoms. The molecule has 0 unspecified atom stereocenters. The number of ether oxygens (including phenoxy) is 3. The molecule has 7 heteroatoms. The van der Waals surface area contributed by atoms with E-state index >= 15 is 0 Å². The second-order valence-electron chi connectivity index (χ2n) is 4.85. The third-order valence-corrected chi connectivity index (χ3v) is 3.67. The minimum absolute atomic E-state index is 0.226. The van der Waals surface area contributed by atoms with Gasteiger partial charge in [0.1, 0.15) is 30.5 Å². The summed E-state index contributed by atoms with van der Waals surface area (Å²) in [6.07, 6.45) is 2.49. The van der Waals surface area contributed by atoms with Gasteiger partial charge in [-0.05, 0) is 30.3 Å². The van der Waals surface area contributed by atoms with E-state index in [1.54, 1.807) is 36.4 Å². The van der Waals surface area contributed by atoms with Gasteiger partial charge >= 0.3 is 5.97 Å². The van der Waals surface area contributed by atoms with Crippen LogP contribution < -0.4 is 14.2 Å². The average Bonchev–Trinajstić information content (AvgIpc) is 2.60. The summed E-state index contributed by atoms with van der Waals surface area (Å²) in [5.74, 6) is 0.508. The molecule has 0 spiro atoms. The normalized spacial score (nSPS) is 10.7. The molecule has 0 aliphatic heterocycles. The first-order chi connectivity index (χ1) is 12.0. The zero-order valence-electron chi connectivity index (χ0n) is 13.4. The van der Waals surface area contributed by atoms with E-state index in [0.29, 0.717) is 32.9 Å². The van der Waals surface area contributed by atoms with Gasteiger partial charge in [0.05, 0.1) is 12.1 Å². The summed E-state index contributed by atoms with van der Waals surface area (Å²) in [6, 6.07) is 10.0. The van der Waals surface area contributed by atoms with Crippen molar-refractivity contribution in [1.29, 1.82) is 0 Å². The molecule has 0 saturated heterocycles. The Hall–Kier alpha value is -2.37. The standard InChI is InChI=1S/C18H16Cl2O5/c1-23-14-5-2-12(3-7-18(21)22)16(11-14)24-8-9-25-17-10-13(19)4-6-15(17)20/h2-7,10-11H,8-9H2,1H3,(H,21,22). The van der Waals surface area contributed by atoms with Crippen molar-refractivity contribution in [3.05, 3.63) is 58.1 Å². The maximum Gasteiger partial charge on any atom is 0.328 e. The Bertz CT molecular complexity index is 774. The molecule has 0 saturated carbocycles. The fourth-order valence-corrected chi connectivity index (χ4v) is 2.29. The van der Waals surface area contributed by atoms with Crippen LogP contribution in [0.2, 0.25) is 10.0 Å². The summed E-state index contributed by atoms with van der Waals surface area (Å²) in [5.41, 5.74) is 0.615. The zero-order chi connectivity index (χ0) is 18.2. The van der Waals surface area contributed by atoms with E-state index in [1.807, 2.05) is 0 Å². The molecule has 5 nitrogen and oxygen atoms in total. The lowest BCUT2D eigenvalue weighted by atomic mass is 10.1. The highest BCUT2D eigenvalue weighted by Crippen LogP contribution is 2.28. The Morgan fingerprint density at radius 1 is 1.08 bits per heavy atom. The van der Waals surface area contributed by atoms with Crippen LogP contribution in [-0.4, -0.2) is 31.4 Å². The highest BCUT2D eigenvalue weighted by Gasteiger charge is 2.06. The topological polar surface area (TPSA) is 65.0 Å². The van der Waals surface area contributed by atoms with E-state index in [-0.39, 0.29) is 13.2 Å². The average molecular weight is 383 g/mol. The number of hydrogen-bond donors (Lipinski definition) is 1. The Morgan fingerprint density at radius 2 is 1.80 bits per heavy atom. The lowest BCUT2D eigenvalue weighted by Crippen LogP contribution is -2.10. The van der Waals surface area contributed by atoms with Crippen LogP contribution in [0.15, 0.2) is 42.5 Å². The van der Waals surface area contributed by atoms with Crippen molar-refractivity contribution in [1.82, 2.24) is 0 Å². The molecule has 2 rings (SSSR count). The summed E-state index contributed by atoms with van der Waals surface area (Å²) in [6.45, 7) is 0.462. The predicted octanol–water partition coefficient (Wildman–Crippen LogP) is 4.56. The van der Waals surface area contributed by atoms with Crippen LogP contribution in [0, 0.1) is 0 Å². The van der Waals surface area contributed by atoms with Crippen molar-refractivity contribution < 1.29 is 24.1 Å². The predicted molar refractivity (Wildman–Crippen MR) is 97.1 cm³/mol. The molecule has 0 aliphatic carbocycles. The molecular formula is C18H16Cl2O5. The van der Waals surface area contributed by atoms with E-state index in [1.165, 1.54) is 13.2 Å². The molecular weight excluding hydrogens is 367 g/mol. The van der Waals surface area contributed by atoms with Crippen molar-refractivity contribution in [2.45, 2.75) is 0 Å². The van der Waals surface area contributed by atoms with Gasteiger partial charge in [-0.1, -0.05) is 23.2 Å². The van der Waals surface area contributed by atoms with Crippen molar-refractivity contribution >= 4 is 35.2 Å². The van der Waals surface area contributed by atoms with Crippen molar-refractivity contribution in [3.63, 3.8) is 0 Å². The first kappa shape index (κ1) is 19.0. The number of halogens is 2. The third-order valence-electron chi connectivity index (χ3n) is 3.12. The lowest BCUT2D eigenvalue weighted by Gasteiger charge is -2.12. The van der Waals surface area contributed by atoms with E-state index < -0.39 is 5.97 Å². The maximum atomic E-state index is 10.7. The highest BCUT2D eigenvalue weighted by atomic mass is 35.5. The molecule has 0 bridgehead atoms. The van der Waals surface area contributed by atoms with Crippen molar-refractivity contribution in [2.24, 2.45) is 0 Å². The van der Waals surface area contributed by atoms with Gasteiger partial charge < -0.3 is 19.3 Å². The number of carboxylic acid groups (broad SMARTS) is 1. The first-order valence-electron chi connectivity index (χ1n) is 7.29. The molecule has 0 aliphatic rings. The number of methoxy groups -OCH3 is 1.